The molecule has 1 aliphatic rings. The maximum absolute atomic E-state index is 11.6. The van der Waals surface area contributed by atoms with Crippen molar-refractivity contribution in [3.63, 3.8) is 0 Å². The number of hydrogen-bond donors (Lipinski definition) is 3. The molecule has 1 fully saturated rings. The predicted molar refractivity (Wildman–Crippen MR) is 78.1 cm³/mol. The maximum atomic E-state index is 11.6. The van der Waals surface area contributed by atoms with Gasteiger partial charge in [-0.15, -0.1) is 0 Å². The van der Waals surface area contributed by atoms with Crippen molar-refractivity contribution < 1.29 is 18.9 Å². The fraction of sp³-hybridized carbons (Fsp3) is 0.846. The van der Waals surface area contributed by atoms with Crippen LogP contribution in [0.1, 0.15) is 39.0 Å². The maximum Gasteiger partial charge on any atom is 0.314 e. The molecule has 0 aliphatic heterocycles. The van der Waals surface area contributed by atoms with Gasteiger partial charge >= 0.3 is 12.0 Å². The Morgan fingerprint density at radius 3 is 2.45 bits per heavy atom. The standard InChI is InChI=1S/C13H24N2O4S/c1-10(20(2)19)4-7-14-12(18)15-9-13(5-3-6-13)8-11(16)17/h10H,3-9H2,1-2H3,(H,16,17)(H2,14,15,18). The summed E-state index contributed by atoms with van der Waals surface area (Å²) in [7, 11) is -0.879. The summed E-state index contributed by atoms with van der Waals surface area (Å²) < 4.78 is 11.2. The lowest BCUT2D eigenvalue weighted by molar-refractivity contribution is -0.141. The molecule has 6 nitrogen and oxygen atoms in total. The Labute approximate surface area is 122 Å². The highest BCUT2D eigenvalue weighted by Crippen LogP contribution is 2.43. The van der Waals surface area contributed by atoms with Gasteiger partial charge in [0.05, 0.1) is 6.42 Å². The second-order valence-electron chi connectivity index (χ2n) is 5.63. The highest BCUT2D eigenvalue weighted by molar-refractivity contribution is 7.84. The Bertz CT molecular complexity index is 383. The molecular formula is C13H24N2O4S. The molecule has 2 amide bonds. The molecule has 0 aromatic heterocycles. The Balaban J connectivity index is 2.22. The van der Waals surface area contributed by atoms with Crippen LogP contribution in [0, 0.1) is 5.41 Å². The number of carboxylic acid groups (broad SMARTS) is 1. The SMILES string of the molecule is CC(CCNC(=O)NCC1(CC(=O)O)CCC1)S(C)=O. The van der Waals surface area contributed by atoms with Gasteiger partial charge < -0.3 is 15.7 Å². The van der Waals surface area contributed by atoms with Crippen LogP contribution < -0.4 is 10.6 Å². The molecule has 2 atom stereocenters. The Morgan fingerprint density at radius 2 is 2.00 bits per heavy atom. The molecule has 2 unspecified atom stereocenters. The van der Waals surface area contributed by atoms with Crippen LogP contribution in [0.4, 0.5) is 4.79 Å². The molecular weight excluding hydrogens is 280 g/mol. The summed E-state index contributed by atoms with van der Waals surface area (Å²) in [6.45, 7) is 2.75. The van der Waals surface area contributed by atoms with Crippen LogP contribution >= 0.6 is 0 Å². The van der Waals surface area contributed by atoms with Gasteiger partial charge in [0.2, 0.25) is 0 Å². The van der Waals surface area contributed by atoms with E-state index in [1.807, 2.05) is 6.92 Å². The molecule has 0 saturated heterocycles. The van der Waals surface area contributed by atoms with Crippen molar-refractivity contribution in [1.82, 2.24) is 10.6 Å². The average molecular weight is 304 g/mol. The zero-order chi connectivity index (χ0) is 15.2. The molecule has 3 N–H and O–H groups in total. The van der Waals surface area contributed by atoms with Crippen LogP contribution in [0.25, 0.3) is 0 Å². The topological polar surface area (TPSA) is 95.5 Å². The number of urea groups is 1. The summed E-state index contributed by atoms with van der Waals surface area (Å²) >= 11 is 0. The van der Waals surface area contributed by atoms with Gasteiger partial charge in [-0.3, -0.25) is 9.00 Å². The Morgan fingerprint density at radius 1 is 1.35 bits per heavy atom. The number of carbonyl (C=O) groups is 2. The molecule has 1 aliphatic carbocycles. The summed E-state index contributed by atoms with van der Waals surface area (Å²) in [5, 5.41) is 14.4. The van der Waals surface area contributed by atoms with Crippen LogP contribution in [0.3, 0.4) is 0 Å². The van der Waals surface area contributed by atoms with Crippen molar-refractivity contribution in [3.05, 3.63) is 0 Å². The summed E-state index contributed by atoms with van der Waals surface area (Å²) in [4.78, 5) is 22.4. The predicted octanol–water partition coefficient (Wildman–Crippen LogP) is 1.09. The molecule has 0 aromatic carbocycles. The third-order valence-electron chi connectivity index (χ3n) is 3.97. The number of aliphatic carboxylic acids is 1. The van der Waals surface area contributed by atoms with E-state index in [1.165, 1.54) is 0 Å². The summed E-state index contributed by atoms with van der Waals surface area (Å²) in [6, 6.07) is -0.282. The minimum absolute atomic E-state index is 0.0558. The van der Waals surface area contributed by atoms with Crippen molar-refractivity contribution in [2.24, 2.45) is 5.41 Å². The van der Waals surface area contributed by atoms with Gasteiger partial charge in [-0.1, -0.05) is 13.3 Å². The second-order valence-corrected chi connectivity index (χ2v) is 7.43. The lowest BCUT2D eigenvalue weighted by Gasteiger charge is -2.40. The first kappa shape index (κ1) is 16.9. The molecule has 1 saturated carbocycles. The van der Waals surface area contributed by atoms with E-state index >= 15 is 0 Å². The zero-order valence-electron chi connectivity index (χ0n) is 12.1. The van der Waals surface area contributed by atoms with E-state index in [9.17, 15) is 13.8 Å². The zero-order valence-corrected chi connectivity index (χ0v) is 12.9. The highest BCUT2D eigenvalue weighted by Gasteiger charge is 2.39. The lowest BCUT2D eigenvalue weighted by Crippen LogP contribution is -2.46. The molecule has 20 heavy (non-hydrogen) atoms. The van der Waals surface area contributed by atoms with Crippen molar-refractivity contribution in [1.29, 1.82) is 0 Å². The average Bonchev–Trinajstić information content (AvgIpc) is 2.31. The van der Waals surface area contributed by atoms with Gasteiger partial charge in [0.1, 0.15) is 0 Å². The van der Waals surface area contributed by atoms with Gasteiger partial charge in [0.25, 0.3) is 0 Å². The fourth-order valence-corrected chi connectivity index (χ4v) is 2.75. The van der Waals surface area contributed by atoms with E-state index in [4.69, 9.17) is 5.11 Å². The summed E-state index contributed by atoms with van der Waals surface area (Å²) in [6.07, 6.45) is 5.15. The molecule has 0 radical (unpaired) electrons. The Hall–Kier alpha value is -1.11. The minimum Gasteiger partial charge on any atom is -0.481 e. The number of carboxylic acids is 1. The van der Waals surface area contributed by atoms with Crippen molar-refractivity contribution in [2.45, 2.75) is 44.3 Å². The van der Waals surface area contributed by atoms with E-state index < -0.39 is 16.8 Å². The highest BCUT2D eigenvalue weighted by atomic mass is 32.2. The van der Waals surface area contributed by atoms with E-state index in [0.29, 0.717) is 19.5 Å². The first-order valence-electron chi connectivity index (χ1n) is 6.90. The number of amides is 2. The monoisotopic (exact) mass is 304 g/mol. The number of carbonyl (C=O) groups excluding carboxylic acids is 1. The quantitative estimate of drug-likeness (QED) is 0.625. The number of nitrogens with one attached hydrogen (secondary N) is 2. The van der Waals surface area contributed by atoms with Gasteiger partial charge in [0, 0.05) is 35.4 Å². The molecule has 0 aromatic rings. The van der Waals surface area contributed by atoms with E-state index in [2.05, 4.69) is 10.6 Å². The van der Waals surface area contributed by atoms with Crippen LogP contribution in [0.2, 0.25) is 0 Å². The number of hydrogen-bond acceptors (Lipinski definition) is 3. The van der Waals surface area contributed by atoms with Gasteiger partial charge in [-0.25, -0.2) is 4.79 Å². The van der Waals surface area contributed by atoms with Crippen molar-refractivity contribution in [2.75, 3.05) is 19.3 Å². The van der Waals surface area contributed by atoms with E-state index in [0.717, 1.165) is 19.3 Å². The van der Waals surface area contributed by atoms with Crippen LogP contribution in [0.15, 0.2) is 0 Å². The third-order valence-corrected chi connectivity index (χ3v) is 5.34. The first-order chi connectivity index (χ1) is 9.34. The van der Waals surface area contributed by atoms with Crippen molar-refractivity contribution in [3.8, 4) is 0 Å². The van der Waals surface area contributed by atoms with Crippen LogP contribution in [-0.4, -0.2) is 45.9 Å². The van der Waals surface area contributed by atoms with Crippen molar-refractivity contribution >= 4 is 22.8 Å². The molecule has 116 valence electrons. The molecule has 1 rings (SSSR count). The minimum atomic E-state index is -0.879. The lowest BCUT2D eigenvalue weighted by atomic mass is 9.66. The largest absolute Gasteiger partial charge is 0.481 e. The summed E-state index contributed by atoms with van der Waals surface area (Å²) in [5.41, 5.74) is -0.263. The normalized spacial score (nSPS) is 19.5. The van der Waals surface area contributed by atoms with Gasteiger partial charge in [0.15, 0.2) is 0 Å². The second kappa shape index (κ2) is 7.61. The van der Waals surface area contributed by atoms with Gasteiger partial charge in [-0.2, -0.15) is 0 Å². The van der Waals surface area contributed by atoms with Crippen LogP contribution in [0.5, 0.6) is 0 Å². The first-order valence-corrected chi connectivity index (χ1v) is 8.52. The van der Waals surface area contributed by atoms with E-state index in [-0.39, 0.29) is 23.1 Å². The van der Waals surface area contributed by atoms with Crippen LogP contribution in [-0.2, 0) is 15.6 Å². The smallest absolute Gasteiger partial charge is 0.314 e. The van der Waals surface area contributed by atoms with E-state index in [1.54, 1.807) is 6.26 Å². The Kier molecular flexibility index (Phi) is 6.45. The number of rotatable bonds is 8. The molecule has 0 bridgehead atoms. The summed E-state index contributed by atoms with van der Waals surface area (Å²) in [5.74, 6) is -0.814. The van der Waals surface area contributed by atoms with Gasteiger partial charge in [-0.05, 0) is 24.7 Å². The molecule has 7 heteroatoms. The molecule has 0 spiro atoms. The fourth-order valence-electron chi connectivity index (χ4n) is 2.30. The molecule has 0 heterocycles. The third kappa shape index (κ3) is 5.48.